The highest BCUT2D eigenvalue weighted by Crippen LogP contribution is 2.33. The first-order chi connectivity index (χ1) is 24.7. The van der Waals surface area contributed by atoms with Gasteiger partial charge in [0, 0.05) is 33.8 Å². The van der Waals surface area contributed by atoms with E-state index < -0.39 is 51.5 Å². The van der Waals surface area contributed by atoms with Crippen molar-refractivity contribution in [2.75, 3.05) is 18.8 Å². The number of hydrogen-bond donors (Lipinski definition) is 3. The van der Waals surface area contributed by atoms with Crippen LogP contribution in [0.3, 0.4) is 0 Å². The molecule has 4 N–H and O–H groups in total. The maximum atomic E-state index is 12.9. The molecule has 2 saturated heterocycles. The summed E-state index contributed by atoms with van der Waals surface area (Å²) < 4.78 is 12.3. The predicted octanol–water partition coefficient (Wildman–Crippen LogP) is 8.75. The summed E-state index contributed by atoms with van der Waals surface area (Å²) in [5.74, 6) is -0.550. The van der Waals surface area contributed by atoms with Crippen LogP contribution in [0.1, 0.15) is 113 Å². The largest absolute Gasteiger partial charge is 0.444 e. The molecule has 18 heteroatoms. The van der Waals surface area contributed by atoms with E-state index in [1.54, 1.807) is 46.8 Å². The zero-order valence-electron chi connectivity index (χ0n) is 33.8. The highest BCUT2D eigenvalue weighted by molar-refractivity contribution is 9.10. The summed E-state index contributed by atoms with van der Waals surface area (Å²) in [6, 6.07) is 9.12. The quantitative estimate of drug-likeness (QED) is 0.139. The number of benzene rings is 2. The Bertz CT molecular complexity index is 1750. The van der Waals surface area contributed by atoms with Crippen LogP contribution in [0.25, 0.3) is 0 Å². The number of amides is 4. The number of halogens is 2. The molecule has 57 heavy (non-hydrogen) atoms. The van der Waals surface area contributed by atoms with Gasteiger partial charge in [0.15, 0.2) is 0 Å². The fourth-order valence-electron chi connectivity index (χ4n) is 6.36. The molecule has 2 aliphatic rings. The van der Waals surface area contributed by atoms with Crippen molar-refractivity contribution in [3.05, 3.63) is 66.6 Å². The predicted molar refractivity (Wildman–Crippen MR) is 241 cm³/mol. The number of carbonyl (C=O) groups excluding carboxylic acids is 4. The molecule has 0 bridgehead atoms. The lowest BCUT2D eigenvalue weighted by molar-refractivity contribution is -0.386. The first-order valence-corrected chi connectivity index (χ1v) is 19.4. The molecular formula is C39H62Br2N6O8S2. The molecular weight excluding hydrogens is 904 g/mol. The zero-order valence-corrected chi connectivity index (χ0v) is 39.0. The van der Waals surface area contributed by atoms with E-state index >= 15 is 0 Å². The van der Waals surface area contributed by atoms with Gasteiger partial charge in [0.2, 0.25) is 11.8 Å². The van der Waals surface area contributed by atoms with E-state index in [0.717, 1.165) is 16.5 Å². The summed E-state index contributed by atoms with van der Waals surface area (Å²) in [5, 5.41) is 17.3. The minimum atomic E-state index is -0.998. The number of nitro benzene ring substituents is 1. The van der Waals surface area contributed by atoms with Gasteiger partial charge >= 0.3 is 12.2 Å². The minimum absolute atomic E-state index is 0. The Morgan fingerprint density at radius 2 is 1.09 bits per heavy atom. The maximum absolute atomic E-state index is 12.9. The standard InChI is InChI=1S/C19H26BrN3O5.C19H28BrN3O3.CH4.2H2S/c1-18(2,3)28-17(25)22-10-6-7-14(22)16(24)21-19(4,5)13-9-8-12(20)11-15(13)23(26)27;1-18(2,3)26-17(25)23-10-6-7-15(23)16(24)22-19(4,5)13-9-8-12(20)11-14(13)21;;;/h8-9,11,14H,6-7,10H2,1-5H3,(H,21,24);8-9,11,15H,6-7,10,21H2,1-5H3,(H,22,24);1H4;2*1H2/t14-;15-;;;/m00.../s1. The topological polar surface area (TPSA) is 186 Å². The molecule has 0 radical (unpaired) electrons. The SMILES string of the molecule is C.CC(C)(C)OC(=O)N1CCC[C@H]1C(=O)NC(C)(C)c1ccc(Br)cc1N.CC(C)(C)OC(=O)N1CCC[C@H]1C(=O)NC(C)(C)c1ccc(Br)cc1[N+](=O)[O-].S.S. The molecule has 2 aromatic carbocycles. The van der Waals surface area contributed by atoms with Crippen LogP contribution in [-0.4, -0.2) is 75.1 Å². The number of nitrogens with zero attached hydrogens (tertiary/aromatic N) is 3. The second-order valence-electron chi connectivity index (χ2n) is 16.5. The maximum Gasteiger partial charge on any atom is 0.410 e. The van der Waals surface area contributed by atoms with Crippen LogP contribution in [0.15, 0.2) is 45.3 Å². The molecule has 0 spiro atoms. The third-order valence-electron chi connectivity index (χ3n) is 8.76. The van der Waals surface area contributed by atoms with Gasteiger partial charge in [0.05, 0.1) is 21.6 Å². The van der Waals surface area contributed by atoms with E-state index in [0.29, 0.717) is 48.1 Å². The number of anilines is 1. The number of hydrogen-bond acceptors (Lipinski definition) is 9. The van der Waals surface area contributed by atoms with Crippen LogP contribution < -0.4 is 16.4 Å². The second kappa shape index (κ2) is 21.2. The van der Waals surface area contributed by atoms with Crippen molar-refractivity contribution in [2.45, 2.75) is 137 Å². The Morgan fingerprint density at radius 3 is 1.46 bits per heavy atom. The molecule has 2 aromatic rings. The van der Waals surface area contributed by atoms with E-state index in [1.807, 2.05) is 52.8 Å². The van der Waals surface area contributed by atoms with Gasteiger partial charge in [0.1, 0.15) is 23.3 Å². The molecule has 2 aliphatic heterocycles. The summed E-state index contributed by atoms with van der Waals surface area (Å²) >= 11 is 6.62. The molecule has 322 valence electrons. The third-order valence-corrected chi connectivity index (χ3v) is 9.74. The number of nitrogens with one attached hydrogen (secondary N) is 2. The summed E-state index contributed by atoms with van der Waals surface area (Å²) in [4.78, 5) is 64.5. The number of likely N-dealkylation sites (tertiary alicyclic amines) is 2. The molecule has 0 saturated carbocycles. The molecule has 0 unspecified atom stereocenters. The van der Waals surface area contributed by atoms with Crippen LogP contribution in [0.5, 0.6) is 0 Å². The Labute approximate surface area is 368 Å². The van der Waals surface area contributed by atoms with Crippen molar-refractivity contribution in [1.82, 2.24) is 20.4 Å². The Morgan fingerprint density at radius 1 is 0.719 bits per heavy atom. The lowest BCUT2D eigenvalue weighted by Gasteiger charge is -2.32. The van der Waals surface area contributed by atoms with E-state index in [9.17, 15) is 29.3 Å². The Hall–Kier alpha value is -3.22. The van der Waals surface area contributed by atoms with Crippen molar-refractivity contribution in [3.63, 3.8) is 0 Å². The molecule has 0 aromatic heterocycles. The van der Waals surface area contributed by atoms with E-state index in [4.69, 9.17) is 15.2 Å². The third kappa shape index (κ3) is 15.2. The molecule has 2 atom stereocenters. The fraction of sp³-hybridized carbons (Fsp3) is 0.590. The van der Waals surface area contributed by atoms with E-state index in [1.165, 1.54) is 15.9 Å². The van der Waals surface area contributed by atoms with E-state index in [2.05, 4.69) is 42.5 Å². The Kier molecular flexibility index (Phi) is 20.0. The van der Waals surface area contributed by atoms with Gasteiger partial charge in [-0.3, -0.25) is 29.5 Å². The normalized spacial score (nSPS) is 16.7. The van der Waals surface area contributed by atoms with Crippen molar-refractivity contribution in [2.24, 2.45) is 0 Å². The number of nitro groups is 1. The molecule has 14 nitrogen and oxygen atoms in total. The number of nitrogen functional groups attached to an aromatic ring is 1. The summed E-state index contributed by atoms with van der Waals surface area (Å²) in [6.07, 6.45) is 1.63. The summed E-state index contributed by atoms with van der Waals surface area (Å²) in [6.45, 7) is 18.9. The smallest absolute Gasteiger partial charge is 0.410 e. The van der Waals surface area contributed by atoms with Crippen molar-refractivity contribution in [3.8, 4) is 0 Å². The lowest BCUT2D eigenvalue weighted by Crippen LogP contribution is -2.52. The zero-order chi connectivity index (χ0) is 41.0. The van der Waals surface area contributed by atoms with Crippen LogP contribution >= 0.6 is 58.9 Å². The molecule has 2 heterocycles. The van der Waals surface area contributed by atoms with Gasteiger partial charge < -0.3 is 25.8 Å². The molecule has 4 rings (SSSR count). The van der Waals surface area contributed by atoms with Crippen LogP contribution in [0.4, 0.5) is 21.0 Å². The van der Waals surface area contributed by atoms with Crippen molar-refractivity contribution < 1.29 is 33.6 Å². The average molecular weight is 967 g/mol. The van der Waals surface area contributed by atoms with E-state index in [-0.39, 0.29) is 51.9 Å². The Balaban J connectivity index is 0.00000105. The lowest BCUT2D eigenvalue weighted by atomic mass is 9.92. The molecule has 0 aliphatic carbocycles. The number of ether oxygens (including phenoxy) is 2. The summed E-state index contributed by atoms with van der Waals surface area (Å²) in [5.41, 5.74) is 4.93. The first kappa shape index (κ1) is 53.8. The van der Waals surface area contributed by atoms with Gasteiger partial charge in [-0.05, 0) is 125 Å². The highest BCUT2D eigenvalue weighted by atomic mass is 79.9. The van der Waals surface area contributed by atoms with Gasteiger partial charge in [-0.2, -0.15) is 27.0 Å². The van der Waals surface area contributed by atoms with Crippen molar-refractivity contribution in [1.29, 1.82) is 0 Å². The van der Waals surface area contributed by atoms with Gasteiger partial charge in [0.25, 0.3) is 5.69 Å². The monoisotopic (exact) mass is 964 g/mol. The summed E-state index contributed by atoms with van der Waals surface area (Å²) in [7, 11) is 0. The highest BCUT2D eigenvalue weighted by Gasteiger charge is 2.41. The van der Waals surface area contributed by atoms with Crippen molar-refractivity contribution >= 4 is 94.2 Å². The van der Waals surface area contributed by atoms with Gasteiger partial charge in [-0.15, -0.1) is 0 Å². The second-order valence-corrected chi connectivity index (χ2v) is 18.4. The van der Waals surface area contributed by atoms with Crippen LogP contribution in [0, 0.1) is 10.1 Å². The van der Waals surface area contributed by atoms with Crippen LogP contribution in [0.2, 0.25) is 0 Å². The van der Waals surface area contributed by atoms with Gasteiger partial charge in [-0.1, -0.05) is 45.4 Å². The number of carbonyl (C=O) groups is 4. The van der Waals surface area contributed by atoms with Gasteiger partial charge in [-0.25, -0.2) is 9.59 Å². The average Bonchev–Trinajstić information content (AvgIpc) is 3.70. The van der Waals surface area contributed by atoms with Crippen LogP contribution in [-0.2, 0) is 30.1 Å². The minimum Gasteiger partial charge on any atom is -0.444 e. The first-order valence-electron chi connectivity index (χ1n) is 17.9. The fourth-order valence-corrected chi connectivity index (χ4v) is 7.09. The molecule has 4 amide bonds. The number of nitrogens with two attached hydrogens (primary N) is 1. The number of rotatable bonds is 7. The molecule has 2 fully saturated rings.